The molecule has 2 aromatic rings. The van der Waals surface area contributed by atoms with Crippen molar-refractivity contribution in [1.29, 1.82) is 10.5 Å². The Hall–Kier alpha value is -4.31. The number of carbonyl (C=O) groups excluding carboxylic acids is 1. The van der Waals surface area contributed by atoms with Crippen molar-refractivity contribution in [2.45, 2.75) is 20.8 Å². The topological polar surface area (TPSA) is 83.1 Å². The van der Waals surface area contributed by atoms with Crippen LogP contribution in [0.3, 0.4) is 0 Å². The molecule has 5 nitrogen and oxygen atoms in total. The number of ether oxygens (including phenoxy) is 2. The van der Waals surface area contributed by atoms with Gasteiger partial charge in [0, 0.05) is 6.92 Å². The van der Waals surface area contributed by atoms with Crippen molar-refractivity contribution in [1.82, 2.24) is 0 Å². The van der Waals surface area contributed by atoms with Crippen molar-refractivity contribution in [3.8, 4) is 17.9 Å². The van der Waals surface area contributed by atoms with Crippen molar-refractivity contribution in [3.05, 3.63) is 73.2 Å². The Morgan fingerprint density at radius 1 is 0.852 bits per heavy atom. The molecule has 0 aliphatic carbocycles. The second-order valence-electron chi connectivity index (χ2n) is 3.98. The molecule has 2 aromatic carbocycles. The fraction of sp³-hybridized carbons (Fsp3) is 0.238. The molecule has 2 rings (SSSR count). The van der Waals surface area contributed by atoms with Crippen LogP contribution in [0.15, 0.2) is 54.6 Å². The summed E-state index contributed by atoms with van der Waals surface area (Å²) in [4.78, 5) is 9.59. The first-order valence-electron chi connectivity index (χ1n) is 7.61. The summed E-state index contributed by atoms with van der Waals surface area (Å²) in [6, 6.07) is 20.2. The maximum Gasteiger partial charge on any atom is 0.302 e. The van der Waals surface area contributed by atoms with E-state index in [0.717, 1.165) is 5.75 Å². The van der Waals surface area contributed by atoms with Gasteiger partial charge in [-0.1, -0.05) is 44.2 Å². The Bertz CT molecular complexity index is 645. The number of para-hydroxylation sites is 1. The quantitative estimate of drug-likeness (QED) is 0.342. The van der Waals surface area contributed by atoms with E-state index in [-0.39, 0.29) is 13.4 Å². The Morgan fingerprint density at radius 3 is 1.41 bits per heavy atom. The van der Waals surface area contributed by atoms with Crippen molar-refractivity contribution in [3.63, 3.8) is 0 Å². The van der Waals surface area contributed by atoms with Crippen molar-refractivity contribution >= 4 is 5.97 Å². The number of methoxy groups -OCH3 is 2. The van der Waals surface area contributed by atoms with E-state index in [9.17, 15) is 4.79 Å². The van der Waals surface area contributed by atoms with Crippen molar-refractivity contribution in [2.75, 3.05) is 14.2 Å². The average molecular weight is 612 g/mol. The monoisotopic (exact) mass is 612 g/mol. The first kappa shape index (κ1) is 30.6. The van der Waals surface area contributed by atoms with E-state index in [1.807, 2.05) is 56.3 Å². The van der Waals surface area contributed by atoms with Crippen LogP contribution in [0, 0.1) is 30.1 Å². The number of hydrogen-bond acceptors (Lipinski definition) is 5. The number of nitrogens with zero attached hydrogens (tertiary/aromatic N) is 2. The second-order valence-corrected chi connectivity index (χ2v) is 3.98. The summed E-state index contributed by atoms with van der Waals surface area (Å²) >= 11 is 0. The van der Waals surface area contributed by atoms with E-state index in [2.05, 4.69) is 4.74 Å². The zero-order valence-corrected chi connectivity index (χ0v) is 19.0. The van der Waals surface area contributed by atoms with Crippen LogP contribution in [-0.2, 0) is 9.53 Å². The fourth-order valence-electron chi connectivity index (χ4n) is 1.23. The van der Waals surface area contributed by atoms with Crippen LogP contribution >= 0.6 is 0 Å². The molecular formula is C21H27FmN2O3-. The van der Waals surface area contributed by atoms with E-state index in [1.165, 1.54) is 14.0 Å². The summed E-state index contributed by atoms with van der Waals surface area (Å²) in [5, 5.41) is 16.9. The minimum absolute atomic E-state index is 0. The van der Waals surface area contributed by atoms with Gasteiger partial charge < -0.3 is 16.9 Å². The van der Waals surface area contributed by atoms with Gasteiger partial charge in [0.25, 0.3) is 0 Å². The number of hydrogen-bond donors (Lipinski definition) is 0. The smallest absolute Gasteiger partial charge is 0.302 e. The van der Waals surface area contributed by atoms with Crippen LogP contribution in [0.2, 0.25) is 0 Å². The number of carbonyl (C=O) groups is 1. The van der Waals surface area contributed by atoms with Gasteiger partial charge in [-0.2, -0.15) is 10.5 Å². The van der Waals surface area contributed by atoms with Crippen LogP contribution in [0.1, 0.15) is 31.9 Å². The zero-order valence-electron chi connectivity index (χ0n) is 16.6. The van der Waals surface area contributed by atoms with Gasteiger partial charge in [0.2, 0.25) is 0 Å². The predicted octanol–water partition coefficient (Wildman–Crippen LogP) is 4.78. The van der Waals surface area contributed by atoms with Gasteiger partial charge in [-0.25, -0.2) is 0 Å². The van der Waals surface area contributed by atoms with Crippen LogP contribution in [-0.4, -0.2) is 20.2 Å². The molecule has 0 fully saturated rings. The van der Waals surface area contributed by atoms with Gasteiger partial charge in [-0.05, 0) is 24.3 Å². The summed E-state index contributed by atoms with van der Waals surface area (Å²) in [7, 11) is 3.01. The van der Waals surface area contributed by atoms with Crippen LogP contribution < -0.4 is 4.74 Å². The summed E-state index contributed by atoms with van der Waals surface area (Å²) in [6.45, 7) is 5.36. The standard InChI is InChI=1S/C8H4N2.C7H8O.C3H6O2.C2H6.CH3.Fm/c9-5-7-3-1-2-4-8(7)6-10;1-8-7-5-3-2-4-6-7;1-3(4)5-2;1-2;;/h1-4H;2-6H,1H3;1-2H3;1-2H3;1H3;/q;;;;-1;. The summed E-state index contributed by atoms with van der Waals surface area (Å²) in [5.74, 6) is 0.664. The van der Waals surface area contributed by atoms with E-state index in [0.29, 0.717) is 11.1 Å². The molecule has 0 spiro atoms. The third-order valence-corrected chi connectivity index (χ3v) is 2.43. The number of esters is 1. The molecule has 0 amide bonds. The van der Waals surface area contributed by atoms with Gasteiger partial charge in [0.15, 0.2) is 0 Å². The maximum atomic E-state index is 9.59. The van der Waals surface area contributed by atoms with Crippen molar-refractivity contribution in [2.24, 2.45) is 0 Å². The molecule has 0 aliphatic rings. The SMILES string of the molecule is CC.COC(C)=O.COc1ccccc1.N#Cc1ccccc1C#N.[CH3-].[Fm]. The molecule has 0 radical (unpaired) electrons. The largest absolute Gasteiger partial charge is 0.497 e. The van der Waals surface area contributed by atoms with Gasteiger partial charge in [-0.15, -0.1) is 0 Å². The molecule has 0 aliphatic heterocycles. The van der Waals surface area contributed by atoms with Crippen molar-refractivity contribution < 1.29 is 14.3 Å². The third-order valence-electron chi connectivity index (χ3n) is 2.43. The molecule has 0 saturated carbocycles. The Balaban J connectivity index is -0.000000142. The molecule has 0 saturated heterocycles. The predicted molar refractivity (Wildman–Crippen MR) is 104 cm³/mol. The molecule has 0 unspecified atom stereocenters. The molecule has 0 aromatic heterocycles. The molecule has 0 bridgehead atoms. The molecule has 0 heterocycles. The minimum Gasteiger partial charge on any atom is -0.497 e. The molecule has 152 valence electrons. The van der Waals surface area contributed by atoms with E-state index < -0.39 is 0 Å². The Labute approximate surface area is 157 Å². The molecular weight excluding hydrogens is 585 g/mol. The molecule has 0 atom stereocenters. The van der Waals surface area contributed by atoms with Gasteiger partial charge in [0.05, 0.1) is 25.3 Å². The first-order valence-corrected chi connectivity index (χ1v) is 7.61. The third kappa shape index (κ3) is 16.3. The van der Waals surface area contributed by atoms with Crippen LogP contribution in [0.5, 0.6) is 5.75 Å². The molecule has 27 heavy (non-hydrogen) atoms. The first-order chi connectivity index (χ1) is 12.1. The summed E-state index contributed by atoms with van der Waals surface area (Å²) in [6.07, 6.45) is 0. The normalized spacial score (nSPS) is 6.93. The number of nitriles is 2. The van der Waals surface area contributed by atoms with E-state index in [4.69, 9.17) is 15.3 Å². The minimum atomic E-state index is -0.245. The Morgan fingerprint density at radius 2 is 1.19 bits per heavy atom. The van der Waals surface area contributed by atoms with Gasteiger partial charge >= 0.3 is 5.97 Å². The fourth-order valence-corrected chi connectivity index (χ4v) is 1.23. The number of benzene rings is 2. The van der Waals surface area contributed by atoms with E-state index >= 15 is 0 Å². The average Bonchev–Trinajstić information content (AvgIpc) is 2.70. The number of rotatable bonds is 1. The summed E-state index contributed by atoms with van der Waals surface area (Å²) < 4.78 is 9.03. The molecule has 0 N–H and O–H groups in total. The summed E-state index contributed by atoms with van der Waals surface area (Å²) in [5.41, 5.74) is 0.870. The zero-order chi connectivity index (χ0) is 19.5. The molecule has 6 heteroatoms. The maximum absolute atomic E-state index is 9.59. The van der Waals surface area contributed by atoms with Crippen LogP contribution in [0.4, 0.5) is 0 Å². The van der Waals surface area contributed by atoms with Gasteiger partial charge in [0.1, 0.15) is 17.9 Å². The van der Waals surface area contributed by atoms with E-state index in [1.54, 1.807) is 31.4 Å². The second kappa shape index (κ2) is 21.7. The van der Waals surface area contributed by atoms with Gasteiger partial charge in [-0.3, -0.25) is 4.79 Å². The Kier molecular flexibility index (Phi) is 24.5. The van der Waals surface area contributed by atoms with Crippen LogP contribution in [0.25, 0.3) is 0 Å².